The number of nitro groups is 3. The third-order valence-electron chi connectivity index (χ3n) is 4.29. The van der Waals surface area contributed by atoms with Crippen molar-refractivity contribution < 1.29 is 24.8 Å². The fraction of sp³-hybridized carbons (Fsp3) is 0.0870. The van der Waals surface area contributed by atoms with Crippen molar-refractivity contribution in [2.75, 3.05) is 0 Å². The lowest BCUT2D eigenvalue weighted by molar-refractivity contribution is -0.384. The zero-order chi connectivity index (χ0) is 30.7. The number of hydrogen-bond donors (Lipinski definition) is 1. The van der Waals surface area contributed by atoms with Crippen LogP contribution in [0.3, 0.4) is 0 Å². The van der Waals surface area contributed by atoms with Crippen molar-refractivity contribution >= 4 is 99.2 Å². The van der Waals surface area contributed by atoms with E-state index in [9.17, 15) is 35.1 Å². The predicted octanol–water partition coefficient (Wildman–Crippen LogP) is 9.47. The fourth-order valence-corrected chi connectivity index (χ4v) is 4.06. The van der Waals surface area contributed by atoms with E-state index in [0.29, 0.717) is 6.29 Å². The van der Waals surface area contributed by atoms with Crippen molar-refractivity contribution in [3.05, 3.63) is 114 Å². The van der Waals surface area contributed by atoms with Crippen molar-refractivity contribution in [3.63, 3.8) is 0 Å². The van der Waals surface area contributed by atoms with Crippen LogP contribution in [0.4, 0.5) is 17.1 Å². The number of hydrogen-bond acceptors (Lipinski definition) is 10. The molecule has 13 nitrogen and oxygen atoms in total. The van der Waals surface area contributed by atoms with E-state index in [1.54, 1.807) is 6.07 Å². The molecule has 42 heavy (non-hydrogen) atoms. The molecule has 0 saturated heterocycles. The molecule has 0 radical (unpaired) electrons. The minimum atomic E-state index is -0.675. The molecule has 0 fully saturated rings. The van der Waals surface area contributed by atoms with Gasteiger partial charge in [0, 0.05) is 23.8 Å². The molecule has 0 aliphatic rings. The highest BCUT2D eigenvalue weighted by Crippen LogP contribution is 2.33. The Balaban J connectivity index is 0. The average Bonchev–Trinajstić information content (AvgIpc) is 2.87. The van der Waals surface area contributed by atoms with Gasteiger partial charge in [0.2, 0.25) is 0 Å². The molecule has 0 amide bonds. The van der Waals surface area contributed by atoms with Crippen molar-refractivity contribution in [3.8, 4) is 6.07 Å². The number of halogens is 6. The van der Waals surface area contributed by atoms with Crippen LogP contribution < -0.4 is 0 Å². The SMILES string of the molecule is C.C.N#Cc1c(Cl)ccc([N+](=O)[O-])c1Cl.O=Cc1c(Cl)ccc([N+](=O)[O-])c1Cl.O=[N+]([O-])c1ccc(Cl)c(C=NO)c1Cl. The quantitative estimate of drug-likeness (QED) is 0.0882. The van der Waals surface area contributed by atoms with Crippen LogP contribution in [0, 0.1) is 41.7 Å². The molecule has 0 aliphatic heterocycles. The van der Waals surface area contributed by atoms with Gasteiger partial charge in [0.25, 0.3) is 17.1 Å². The van der Waals surface area contributed by atoms with E-state index < -0.39 is 14.8 Å². The zero-order valence-corrected chi connectivity index (χ0v) is 23.5. The van der Waals surface area contributed by atoms with E-state index in [1.165, 1.54) is 24.3 Å². The number of nitriles is 1. The summed E-state index contributed by atoms with van der Waals surface area (Å²) in [5, 5.41) is 50.5. The summed E-state index contributed by atoms with van der Waals surface area (Å²) in [7, 11) is 0. The van der Waals surface area contributed by atoms with Gasteiger partial charge in [-0.3, -0.25) is 35.1 Å². The van der Waals surface area contributed by atoms with Crippen LogP contribution in [0.2, 0.25) is 30.1 Å². The lowest BCUT2D eigenvalue weighted by Crippen LogP contribution is -1.93. The highest BCUT2D eigenvalue weighted by atomic mass is 35.5. The summed E-state index contributed by atoms with van der Waals surface area (Å²) in [6, 6.07) is 9.01. The maximum absolute atomic E-state index is 10.5. The molecule has 3 rings (SSSR count). The largest absolute Gasteiger partial charge is 0.411 e. The monoisotopic (exact) mass is 701 g/mol. The second-order valence-electron chi connectivity index (χ2n) is 6.59. The predicted molar refractivity (Wildman–Crippen MR) is 162 cm³/mol. The van der Waals surface area contributed by atoms with Crippen LogP contribution in [0.1, 0.15) is 36.3 Å². The van der Waals surface area contributed by atoms with Gasteiger partial charge >= 0.3 is 0 Å². The molecule has 224 valence electrons. The molecule has 1 N–H and O–H groups in total. The second-order valence-corrected chi connectivity index (χ2v) is 8.94. The summed E-state index contributed by atoms with van der Waals surface area (Å²) in [5.74, 6) is 0. The smallest absolute Gasteiger partial charge is 0.289 e. The van der Waals surface area contributed by atoms with E-state index in [-0.39, 0.29) is 78.7 Å². The Hall–Kier alpha value is -3.77. The maximum Gasteiger partial charge on any atom is 0.289 e. The van der Waals surface area contributed by atoms with Crippen molar-refractivity contribution in [1.82, 2.24) is 0 Å². The molecule has 0 aromatic heterocycles. The summed E-state index contributed by atoms with van der Waals surface area (Å²) in [4.78, 5) is 39.6. The number of aldehydes is 1. The standard InChI is InChI=1S/C7H4Cl2N2O3.C7H2Cl2N2O2.C7H3Cl2NO3.2CH4/c8-5-1-2-6(11(13)14)7(9)4(5)3-10-12;8-5-1-2-6(11(12)13)7(9)4(5)3-10;8-5-1-2-6(10(12)13)7(9)4(5)3-11;;/h1-3,12H;1-2H;1-3H;2*1H4. The third kappa shape index (κ3) is 10.3. The summed E-state index contributed by atoms with van der Waals surface area (Å²) in [6.07, 6.45) is 1.33. The van der Waals surface area contributed by atoms with Gasteiger partial charge < -0.3 is 5.21 Å². The van der Waals surface area contributed by atoms with Crippen molar-refractivity contribution in [2.24, 2.45) is 5.16 Å². The minimum Gasteiger partial charge on any atom is -0.411 e. The fourth-order valence-electron chi connectivity index (χ4n) is 2.47. The van der Waals surface area contributed by atoms with Crippen LogP contribution >= 0.6 is 69.6 Å². The van der Waals surface area contributed by atoms with Crippen LogP contribution in [0.25, 0.3) is 0 Å². The summed E-state index contributed by atoms with van der Waals surface area (Å²) in [6.45, 7) is 0. The third-order valence-corrected chi connectivity index (χ3v) is 6.44. The molecule has 3 aromatic carbocycles. The van der Waals surface area contributed by atoms with Gasteiger partial charge in [-0.1, -0.05) is 89.6 Å². The Kier molecular flexibility index (Phi) is 17.9. The minimum absolute atomic E-state index is 0. The summed E-state index contributed by atoms with van der Waals surface area (Å²) < 4.78 is 0. The topological polar surface area (TPSA) is 203 Å². The molecule has 0 heterocycles. The molecular weight excluding hydrogens is 687 g/mol. The van der Waals surface area contributed by atoms with E-state index >= 15 is 0 Å². The molecule has 0 atom stereocenters. The first-order valence-corrected chi connectivity index (χ1v) is 11.9. The number of nitrogens with zero attached hydrogens (tertiary/aromatic N) is 5. The van der Waals surface area contributed by atoms with Crippen LogP contribution in [-0.4, -0.2) is 32.5 Å². The molecule has 19 heteroatoms. The number of carbonyl (C=O) groups excluding carboxylic acids is 1. The Morgan fingerprint density at radius 3 is 1.40 bits per heavy atom. The van der Waals surface area contributed by atoms with Gasteiger partial charge in [0.1, 0.15) is 21.1 Å². The molecule has 3 aromatic rings. The number of oxime groups is 1. The zero-order valence-electron chi connectivity index (χ0n) is 18.9. The van der Waals surface area contributed by atoms with Gasteiger partial charge in [-0.25, -0.2) is 0 Å². The maximum atomic E-state index is 10.5. The van der Waals surface area contributed by atoms with Crippen molar-refractivity contribution in [1.29, 1.82) is 5.26 Å². The molecule has 0 bridgehead atoms. The Bertz CT molecular complexity index is 1560. The normalized spacial score (nSPS) is 9.45. The van der Waals surface area contributed by atoms with Gasteiger partial charge in [0.15, 0.2) is 6.29 Å². The first-order valence-electron chi connectivity index (χ1n) is 9.63. The van der Waals surface area contributed by atoms with Crippen LogP contribution in [-0.2, 0) is 0 Å². The van der Waals surface area contributed by atoms with E-state index in [0.717, 1.165) is 18.3 Å². The van der Waals surface area contributed by atoms with Crippen molar-refractivity contribution in [2.45, 2.75) is 14.9 Å². The van der Waals surface area contributed by atoms with Gasteiger partial charge in [-0.05, 0) is 18.2 Å². The number of carbonyl (C=O) groups is 1. The highest BCUT2D eigenvalue weighted by molar-refractivity contribution is 6.40. The molecule has 0 saturated carbocycles. The molecular formula is C23H17Cl6N5O8. The van der Waals surface area contributed by atoms with Crippen LogP contribution in [0.15, 0.2) is 41.6 Å². The molecule has 0 spiro atoms. The number of benzene rings is 3. The molecule has 0 unspecified atom stereocenters. The number of rotatable bonds is 5. The van der Waals surface area contributed by atoms with Gasteiger partial charge in [-0.2, -0.15) is 5.26 Å². The lowest BCUT2D eigenvalue weighted by Gasteiger charge is -2.00. The van der Waals surface area contributed by atoms with E-state index in [2.05, 4.69) is 5.16 Å². The Morgan fingerprint density at radius 1 is 0.690 bits per heavy atom. The van der Waals surface area contributed by atoms with E-state index in [4.69, 9.17) is 80.1 Å². The lowest BCUT2D eigenvalue weighted by atomic mass is 10.2. The second kappa shape index (κ2) is 18.6. The Morgan fingerprint density at radius 2 is 1.05 bits per heavy atom. The molecule has 0 aliphatic carbocycles. The summed E-state index contributed by atoms with van der Waals surface area (Å²) in [5.41, 5.74) is -0.943. The van der Waals surface area contributed by atoms with Gasteiger partial charge in [0.05, 0.1) is 47.2 Å². The Labute approximate surface area is 267 Å². The number of nitro benzene ring substituents is 3. The van der Waals surface area contributed by atoms with Gasteiger partial charge in [-0.15, -0.1) is 0 Å². The highest BCUT2D eigenvalue weighted by Gasteiger charge is 2.19. The van der Waals surface area contributed by atoms with E-state index in [1.807, 2.05) is 0 Å². The summed E-state index contributed by atoms with van der Waals surface area (Å²) >= 11 is 33.6. The first-order chi connectivity index (χ1) is 18.7. The van der Waals surface area contributed by atoms with Crippen LogP contribution in [0.5, 0.6) is 0 Å². The first kappa shape index (κ1) is 40.4. The average molecular weight is 704 g/mol.